The first-order chi connectivity index (χ1) is 13.5. The number of imide groups is 1. The molecule has 1 aliphatic heterocycles. The van der Waals surface area contributed by atoms with Crippen LogP contribution in [-0.4, -0.2) is 21.5 Å². The topological polar surface area (TPSA) is 46.6 Å². The molecule has 6 heteroatoms. The van der Waals surface area contributed by atoms with Crippen molar-refractivity contribution in [3.8, 4) is 11.5 Å². The number of halogens is 2. The molecule has 2 aliphatic carbocycles. The van der Waals surface area contributed by atoms with Crippen molar-refractivity contribution in [2.24, 2.45) is 23.7 Å². The first-order valence-electron chi connectivity index (χ1n) is 9.46. The third kappa shape index (κ3) is 2.68. The van der Waals surface area contributed by atoms with E-state index in [9.17, 15) is 9.59 Å². The van der Waals surface area contributed by atoms with Gasteiger partial charge in [-0.2, -0.15) is 0 Å². The Bertz CT molecular complexity index is 911. The van der Waals surface area contributed by atoms with Crippen LogP contribution in [0.15, 0.2) is 48.5 Å². The van der Waals surface area contributed by atoms with Gasteiger partial charge in [0.25, 0.3) is 0 Å². The molecule has 0 spiro atoms. The van der Waals surface area contributed by atoms with Gasteiger partial charge in [-0.1, -0.05) is 49.6 Å². The van der Waals surface area contributed by atoms with Crippen LogP contribution >= 0.6 is 31.9 Å². The van der Waals surface area contributed by atoms with E-state index in [2.05, 4.69) is 31.9 Å². The lowest BCUT2D eigenvalue weighted by Crippen LogP contribution is -2.37. The number of alkyl halides is 2. The number of benzene rings is 2. The molecule has 1 heterocycles. The molecule has 2 aromatic carbocycles. The van der Waals surface area contributed by atoms with Gasteiger partial charge in [-0.3, -0.25) is 14.5 Å². The molecule has 6 atom stereocenters. The van der Waals surface area contributed by atoms with Crippen molar-refractivity contribution >= 4 is 49.4 Å². The van der Waals surface area contributed by atoms with E-state index in [1.807, 2.05) is 31.2 Å². The summed E-state index contributed by atoms with van der Waals surface area (Å²) < 4.78 is 5.85. The fraction of sp³-hybridized carbons (Fsp3) is 0.364. The maximum Gasteiger partial charge on any atom is 0.238 e. The van der Waals surface area contributed by atoms with E-state index in [4.69, 9.17) is 4.74 Å². The third-order valence-corrected chi connectivity index (χ3v) is 9.55. The zero-order chi connectivity index (χ0) is 19.6. The first kappa shape index (κ1) is 18.4. The van der Waals surface area contributed by atoms with Gasteiger partial charge in [-0.15, -0.1) is 0 Å². The Morgan fingerprint density at radius 1 is 0.821 bits per heavy atom. The van der Waals surface area contributed by atoms with Crippen LogP contribution in [0.25, 0.3) is 0 Å². The van der Waals surface area contributed by atoms with Crippen molar-refractivity contribution in [2.45, 2.75) is 23.0 Å². The minimum Gasteiger partial charge on any atom is -0.457 e. The minimum atomic E-state index is -0.195. The molecule has 4 nitrogen and oxygen atoms in total. The van der Waals surface area contributed by atoms with Crippen LogP contribution in [0.3, 0.4) is 0 Å². The van der Waals surface area contributed by atoms with E-state index in [0.29, 0.717) is 11.4 Å². The second-order valence-electron chi connectivity index (χ2n) is 7.92. The Labute approximate surface area is 180 Å². The predicted octanol–water partition coefficient (Wildman–Crippen LogP) is 5.07. The lowest BCUT2D eigenvalue weighted by molar-refractivity contribution is -0.123. The van der Waals surface area contributed by atoms with Crippen molar-refractivity contribution in [1.82, 2.24) is 0 Å². The number of carbonyl (C=O) groups is 2. The van der Waals surface area contributed by atoms with Crippen molar-refractivity contribution in [3.63, 3.8) is 0 Å². The number of nitrogens with zero attached hydrogens (tertiary/aromatic N) is 1. The van der Waals surface area contributed by atoms with Gasteiger partial charge in [-0.05, 0) is 61.6 Å². The summed E-state index contributed by atoms with van der Waals surface area (Å²) in [6, 6.07) is 15.0. The fourth-order valence-corrected chi connectivity index (χ4v) is 6.88. The molecule has 0 unspecified atom stereocenters. The average Bonchev–Trinajstić information content (AvgIpc) is 3.29. The van der Waals surface area contributed by atoms with E-state index in [-0.39, 0.29) is 45.1 Å². The zero-order valence-corrected chi connectivity index (χ0v) is 18.4. The molecule has 5 rings (SSSR count). The fourth-order valence-electron chi connectivity index (χ4n) is 5.01. The normalized spacial score (nSPS) is 33.5. The molecule has 28 heavy (non-hydrogen) atoms. The van der Waals surface area contributed by atoms with Crippen LogP contribution in [0.2, 0.25) is 0 Å². The summed E-state index contributed by atoms with van der Waals surface area (Å²) in [5, 5.41) is 0. The molecular formula is C22H19Br2NO3. The van der Waals surface area contributed by atoms with Crippen LogP contribution < -0.4 is 9.64 Å². The predicted molar refractivity (Wildman–Crippen MR) is 114 cm³/mol. The summed E-state index contributed by atoms with van der Waals surface area (Å²) in [5.41, 5.74) is 1.79. The van der Waals surface area contributed by atoms with Crippen LogP contribution in [0.1, 0.15) is 12.0 Å². The molecule has 2 saturated carbocycles. The summed E-state index contributed by atoms with van der Waals surface area (Å²) >= 11 is 7.44. The number of anilines is 1. The van der Waals surface area contributed by atoms with Gasteiger partial charge in [0.05, 0.1) is 17.5 Å². The van der Waals surface area contributed by atoms with Crippen molar-refractivity contribution in [2.75, 3.05) is 4.90 Å². The van der Waals surface area contributed by atoms with Gasteiger partial charge in [0.15, 0.2) is 0 Å². The van der Waals surface area contributed by atoms with E-state index in [0.717, 1.165) is 12.2 Å². The molecule has 2 aromatic rings. The highest BCUT2D eigenvalue weighted by Crippen LogP contribution is 2.60. The molecule has 0 aromatic heterocycles. The Balaban J connectivity index is 1.37. The van der Waals surface area contributed by atoms with Crippen molar-refractivity contribution in [3.05, 3.63) is 54.1 Å². The first-order valence-corrected chi connectivity index (χ1v) is 11.3. The second kappa shape index (κ2) is 6.70. The Hall–Kier alpha value is -1.66. The zero-order valence-electron chi connectivity index (χ0n) is 15.2. The standard InChI is InChI=1S/C22H19Br2NO3/c1-11-2-6-13(7-3-11)28-14-8-4-12(5-9-14)25-21(26)17-15-10-16(18(17)22(25)27)20(24)19(15)23/h2-9,15-20H,10H2,1H3/t15-,16-,17-,18-,19-,20+/m1/s1. The Morgan fingerprint density at radius 3 is 1.79 bits per heavy atom. The van der Waals surface area contributed by atoms with Gasteiger partial charge in [-0.25, -0.2) is 0 Å². The summed E-state index contributed by atoms with van der Waals surface area (Å²) in [5.74, 6) is 1.38. The van der Waals surface area contributed by atoms with Crippen molar-refractivity contribution in [1.29, 1.82) is 0 Å². The number of carbonyl (C=O) groups excluding carboxylic acids is 2. The van der Waals surface area contributed by atoms with Gasteiger partial charge >= 0.3 is 0 Å². The number of hydrogen-bond acceptors (Lipinski definition) is 3. The maximum absolute atomic E-state index is 13.1. The molecule has 3 aliphatic rings. The smallest absolute Gasteiger partial charge is 0.238 e. The highest BCUT2D eigenvalue weighted by atomic mass is 79.9. The van der Waals surface area contributed by atoms with Gasteiger partial charge in [0.1, 0.15) is 11.5 Å². The second-order valence-corrected chi connectivity index (χ2v) is 10.0. The van der Waals surface area contributed by atoms with E-state index >= 15 is 0 Å². The number of rotatable bonds is 3. The quantitative estimate of drug-likeness (QED) is 0.433. The molecular weight excluding hydrogens is 486 g/mol. The average molecular weight is 505 g/mol. The number of aryl methyl sites for hydroxylation is 1. The molecule has 3 fully saturated rings. The lowest BCUT2D eigenvalue weighted by atomic mass is 9.81. The van der Waals surface area contributed by atoms with Crippen molar-refractivity contribution < 1.29 is 14.3 Å². The van der Waals surface area contributed by atoms with E-state index in [1.165, 1.54) is 10.5 Å². The lowest BCUT2D eigenvalue weighted by Gasteiger charge is -2.28. The number of fused-ring (bicyclic) bond motifs is 5. The molecule has 1 saturated heterocycles. The largest absolute Gasteiger partial charge is 0.457 e. The van der Waals surface area contributed by atoms with Crippen LogP contribution in [0, 0.1) is 30.6 Å². The highest BCUT2D eigenvalue weighted by Gasteiger charge is 2.66. The monoisotopic (exact) mass is 503 g/mol. The van der Waals surface area contributed by atoms with E-state index < -0.39 is 0 Å². The third-order valence-electron chi connectivity index (χ3n) is 6.34. The summed E-state index contributed by atoms with van der Waals surface area (Å²) in [7, 11) is 0. The SMILES string of the molecule is Cc1ccc(Oc2ccc(N3C(=O)[C@@H]4[C@H]5C[C@@H]([C@@H](Br)[C@H]5Br)[C@H]4C3=O)cc2)cc1. The molecule has 144 valence electrons. The summed E-state index contributed by atoms with van der Waals surface area (Å²) in [6.45, 7) is 2.03. The van der Waals surface area contributed by atoms with Crippen LogP contribution in [0.4, 0.5) is 5.69 Å². The number of hydrogen-bond donors (Lipinski definition) is 0. The van der Waals surface area contributed by atoms with Gasteiger partial charge < -0.3 is 4.74 Å². The van der Waals surface area contributed by atoms with Crippen LogP contribution in [-0.2, 0) is 9.59 Å². The summed E-state index contributed by atoms with van der Waals surface area (Å²) in [4.78, 5) is 28.1. The summed E-state index contributed by atoms with van der Waals surface area (Å²) in [6.07, 6.45) is 0.940. The Morgan fingerprint density at radius 2 is 1.29 bits per heavy atom. The minimum absolute atomic E-state index is 0.0569. The number of ether oxygens (including phenoxy) is 1. The number of amides is 2. The highest BCUT2D eigenvalue weighted by molar-refractivity contribution is 9.12. The Kier molecular flexibility index (Phi) is 4.40. The van der Waals surface area contributed by atoms with Gasteiger partial charge in [0.2, 0.25) is 11.8 Å². The van der Waals surface area contributed by atoms with Gasteiger partial charge in [0, 0.05) is 9.65 Å². The molecule has 2 bridgehead atoms. The molecule has 2 amide bonds. The molecule has 0 radical (unpaired) electrons. The maximum atomic E-state index is 13.1. The molecule has 0 N–H and O–H groups in total. The van der Waals surface area contributed by atoms with E-state index in [1.54, 1.807) is 24.3 Å². The van der Waals surface area contributed by atoms with Crippen LogP contribution in [0.5, 0.6) is 11.5 Å².